The van der Waals surface area contributed by atoms with E-state index in [2.05, 4.69) is 21.6 Å². The van der Waals surface area contributed by atoms with Crippen LogP contribution >= 0.6 is 11.6 Å². The van der Waals surface area contributed by atoms with Crippen molar-refractivity contribution >= 4 is 29.1 Å². The van der Waals surface area contributed by atoms with E-state index in [1.807, 2.05) is 51.1 Å². The van der Waals surface area contributed by atoms with Gasteiger partial charge in [0.15, 0.2) is 0 Å². The molecule has 3 heterocycles. The second kappa shape index (κ2) is 13.6. The molecule has 1 saturated heterocycles. The smallest absolute Gasteiger partial charge is 0.330 e. The first-order chi connectivity index (χ1) is 23.4. The molecule has 49 heavy (non-hydrogen) atoms. The van der Waals surface area contributed by atoms with Crippen LogP contribution in [0.3, 0.4) is 0 Å². The molecule has 2 N–H and O–H groups in total. The first kappa shape index (κ1) is 34.1. The number of fused-ring (bicyclic) bond motifs is 1. The van der Waals surface area contributed by atoms with Gasteiger partial charge in [-0.2, -0.15) is 0 Å². The fourth-order valence-corrected chi connectivity index (χ4v) is 7.28. The SMILES string of the molecule is COc1nc(-c2cccc(-c3cccc(NC(=O)c4cn(C)c(=O)n(C)c4=O)c3C)c2Cl)cc2c1C(N1CCC(NC(=O)C(C)C)C1)CC2. The van der Waals surface area contributed by atoms with Crippen molar-refractivity contribution in [1.29, 1.82) is 0 Å². The Hall–Kier alpha value is -4.74. The average molecular weight is 685 g/mol. The van der Waals surface area contributed by atoms with Gasteiger partial charge in [-0.3, -0.25) is 23.9 Å². The first-order valence-electron chi connectivity index (χ1n) is 16.5. The van der Waals surface area contributed by atoms with Gasteiger partial charge in [-0.1, -0.05) is 55.8 Å². The molecule has 1 aliphatic heterocycles. The molecule has 2 aromatic carbocycles. The summed E-state index contributed by atoms with van der Waals surface area (Å²) in [5.41, 5.74) is 5.24. The van der Waals surface area contributed by atoms with Gasteiger partial charge in [0.25, 0.3) is 11.5 Å². The quantitative estimate of drug-likeness (QED) is 0.271. The number of hydrogen-bond acceptors (Lipinski definition) is 7. The van der Waals surface area contributed by atoms with Gasteiger partial charge in [-0.15, -0.1) is 0 Å². The third kappa shape index (κ3) is 6.40. The van der Waals surface area contributed by atoms with Crippen LogP contribution < -0.4 is 26.6 Å². The molecule has 0 spiro atoms. The summed E-state index contributed by atoms with van der Waals surface area (Å²) in [6.45, 7) is 7.39. The summed E-state index contributed by atoms with van der Waals surface area (Å²) in [6, 6.07) is 13.7. The number of likely N-dealkylation sites (tertiary alicyclic amines) is 1. The van der Waals surface area contributed by atoms with E-state index < -0.39 is 17.2 Å². The van der Waals surface area contributed by atoms with Gasteiger partial charge in [-0.25, -0.2) is 9.78 Å². The Bertz CT molecular complexity index is 2090. The van der Waals surface area contributed by atoms with Gasteiger partial charge in [0, 0.05) is 73.8 Å². The first-order valence-corrected chi connectivity index (χ1v) is 16.9. The summed E-state index contributed by atoms with van der Waals surface area (Å²) in [4.78, 5) is 57.7. The van der Waals surface area contributed by atoms with Crippen LogP contribution in [-0.2, 0) is 25.3 Å². The standard InChI is InChI=1S/C37H41ClN6O5/c1-20(2)33(45)39-23-15-16-44(18-23)30-14-13-22-17-29(41-35(49-6)31(22)30)26-11-7-10-25(32(26)38)24-9-8-12-28(21(24)3)40-34(46)27-19-42(4)37(48)43(5)36(27)47/h7-12,17,19-20,23,30H,13-16,18H2,1-6H3,(H,39,45)(H,40,46). The average Bonchev–Trinajstić information content (AvgIpc) is 3.73. The van der Waals surface area contributed by atoms with E-state index in [0.29, 0.717) is 22.3 Å². The number of nitrogens with zero attached hydrogens (tertiary/aromatic N) is 4. The van der Waals surface area contributed by atoms with Crippen molar-refractivity contribution < 1.29 is 14.3 Å². The zero-order chi connectivity index (χ0) is 35.1. The molecule has 2 unspecified atom stereocenters. The van der Waals surface area contributed by atoms with E-state index >= 15 is 0 Å². The summed E-state index contributed by atoms with van der Waals surface area (Å²) in [5, 5.41) is 6.53. The molecule has 2 atom stereocenters. The lowest BCUT2D eigenvalue weighted by Crippen LogP contribution is -2.40. The zero-order valence-electron chi connectivity index (χ0n) is 28.6. The van der Waals surface area contributed by atoms with Crippen LogP contribution in [0.2, 0.25) is 5.02 Å². The fraction of sp³-hybridized carbons (Fsp3) is 0.378. The molecule has 6 rings (SSSR count). The molecule has 1 fully saturated rings. The van der Waals surface area contributed by atoms with Crippen LogP contribution in [0.25, 0.3) is 22.4 Å². The van der Waals surface area contributed by atoms with Crippen LogP contribution in [0.4, 0.5) is 5.69 Å². The molecule has 12 heteroatoms. The number of ether oxygens (including phenoxy) is 1. The Kier molecular flexibility index (Phi) is 9.50. The number of rotatable bonds is 8. The molecule has 4 aromatic rings. The van der Waals surface area contributed by atoms with E-state index in [4.69, 9.17) is 21.3 Å². The van der Waals surface area contributed by atoms with Crippen molar-refractivity contribution in [2.24, 2.45) is 20.0 Å². The second-order valence-electron chi connectivity index (χ2n) is 13.2. The molecular weight excluding hydrogens is 644 g/mol. The Labute approximate surface area is 289 Å². The maximum absolute atomic E-state index is 13.2. The number of halogens is 1. The number of benzene rings is 2. The maximum Gasteiger partial charge on any atom is 0.330 e. The Morgan fingerprint density at radius 2 is 1.76 bits per heavy atom. The molecule has 256 valence electrons. The van der Waals surface area contributed by atoms with Crippen LogP contribution in [0.1, 0.15) is 59.8 Å². The highest BCUT2D eigenvalue weighted by Crippen LogP contribution is 2.45. The molecule has 0 saturated carbocycles. The second-order valence-corrected chi connectivity index (χ2v) is 13.6. The number of pyridine rings is 1. The zero-order valence-corrected chi connectivity index (χ0v) is 29.4. The minimum absolute atomic E-state index is 0.0434. The number of aryl methyl sites for hydroxylation is 2. The van der Waals surface area contributed by atoms with Crippen molar-refractivity contribution in [2.75, 3.05) is 25.5 Å². The normalized spacial score (nSPS) is 17.3. The molecule has 2 aromatic heterocycles. The minimum Gasteiger partial charge on any atom is -0.481 e. The molecule has 0 radical (unpaired) electrons. The molecule has 1 aliphatic carbocycles. The third-order valence-corrected chi connectivity index (χ3v) is 10.1. The summed E-state index contributed by atoms with van der Waals surface area (Å²) in [7, 11) is 4.47. The number of aromatic nitrogens is 3. The van der Waals surface area contributed by atoms with Gasteiger partial charge in [-0.05, 0) is 55.0 Å². The third-order valence-electron chi connectivity index (χ3n) is 9.69. The van der Waals surface area contributed by atoms with E-state index in [1.165, 1.54) is 30.4 Å². The van der Waals surface area contributed by atoms with Gasteiger partial charge >= 0.3 is 5.69 Å². The number of amides is 2. The lowest BCUT2D eigenvalue weighted by atomic mass is 9.96. The number of hydrogen-bond donors (Lipinski definition) is 2. The van der Waals surface area contributed by atoms with E-state index in [0.717, 1.165) is 64.7 Å². The highest BCUT2D eigenvalue weighted by Gasteiger charge is 2.37. The molecule has 2 amide bonds. The highest BCUT2D eigenvalue weighted by molar-refractivity contribution is 6.36. The van der Waals surface area contributed by atoms with Crippen molar-refractivity contribution in [1.82, 2.24) is 24.3 Å². The van der Waals surface area contributed by atoms with Gasteiger partial charge in [0.2, 0.25) is 11.8 Å². The minimum atomic E-state index is -0.673. The van der Waals surface area contributed by atoms with Crippen molar-refractivity contribution in [3.63, 3.8) is 0 Å². The summed E-state index contributed by atoms with van der Waals surface area (Å²) < 4.78 is 8.00. The van der Waals surface area contributed by atoms with Crippen molar-refractivity contribution in [3.05, 3.63) is 96.8 Å². The van der Waals surface area contributed by atoms with Crippen molar-refractivity contribution in [3.8, 4) is 28.3 Å². The molecule has 0 bridgehead atoms. The lowest BCUT2D eigenvalue weighted by Gasteiger charge is -2.26. The predicted octanol–water partition coefficient (Wildman–Crippen LogP) is 4.87. The van der Waals surface area contributed by atoms with Crippen LogP contribution in [0, 0.1) is 12.8 Å². The fourth-order valence-electron chi connectivity index (χ4n) is 6.95. The van der Waals surface area contributed by atoms with Gasteiger partial charge in [0.1, 0.15) is 5.56 Å². The maximum atomic E-state index is 13.2. The highest BCUT2D eigenvalue weighted by atomic mass is 35.5. The largest absolute Gasteiger partial charge is 0.481 e. The van der Waals surface area contributed by atoms with Crippen LogP contribution in [0.15, 0.2) is 58.3 Å². The van der Waals surface area contributed by atoms with E-state index in [-0.39, 0.29) is 29.5 Å². The molecule has 11 nitrogen and oxygen atoms in total. The molecular formula is C37H41ClN6O5. The number of nitrogens with one attached hydrogen (secondary N) is 2. The summed E-state index contributed by atoms with van der Waals surface area (Å²) in [6.07, 6.45) is 3.98. The number of carbonyl (C=O) groups is 2. The summed E-state index contributed by atoms with van der Waals surface area (Å²) >= 11 is 7.15. The molecule has 2 aliphatic rings. The summed E-state index contributed by atoms with van der Waals surface area (Å²) in [5.74, 6) is 0.00489. The number of methoxy groups -OCH3 is 1. The Morgan fingerprint density at radius 3 is 2.49 bits per heavy atom. The van der Waals surface area contributed by atoms with Crippen LogP contribution in [0.5, 0.6) is 5.88 Å². The number of anilines is 1. The van der Waals surface area contributed by atoms with E-state index in [1.54, 1.807) is 13.2 Å². The van der Waals surface area contributed by atoms with Gasteiger partial charge in [0.05, 0.1) is 17.8 Å². The lowest BCUT2D eigenvalue weighted by molar-refractivity contribution is -0.124. The predicted molar refractivity (Wildman–Crippen MR) is 190 cm³/mol. The van der Waals surface area contributed by atoms with Crippen LogP contribution in [-0.4, -0.2) is 57.1 Å². The monoisotopic (exact) mass is 684 g/mol. The van der Waals surface area contributed by atoms with Crippen molar-refractivity contribution in [2.45, 2.75) is 52.1 Å². The number of carbonyl (C=O) groups excluding carboxylic acids is 2. The van der Waals surface area contributed by atoms with Gasteiger partial charge < -0.3 is 19.9 Å². The Morgan fingerprint density at radius 1 is 1.04 bits per heavy atom. The topological polar surface area (TPSA) is 128 Å². The van der Waals surface area contributed by atoms with E-state index in [9.17, 15) is 19.2 Å². The Balaban J connectivity index is 1.28.